The lowest BCUT2D eigenvalue weighted by Crippen LogP contribution is -2.06. The number of aromatic nitrogens is 4. The van der Waals surface area contributed by atoms with Crippen LogP contribution in [0.5, 0.6) is 5.75 Å². The van der Waals surface area contributed by atoms with Crippen LogP contribution in [0.25, 0.3) is 33.5 Å². The van der Waals surface area contributed by atoms with Gasteiger partial charge in [0.15, 0.2) is 11.0 Å². The average Bonchev–Trinajstić information content (AvgIpc) is 3.34. The monoisotopic (exact) mass is 496 g/mol. The molecule has 0 bridgehead atoms. The Kier molecular flexibility index (Phi) is 7.59. The van der Waals surface area contributed by atoms with E-state index in [4.69, 9.17) is 19.6 Å². The topological polar surface area (TPSA) is 62.1 Å². The molecule has 0 saturated heterocycles. The Hall–Kier alpha value is -3.68. The lowest BCUT2D eigenvalue weighted by Gasteiger charge is -2.13. The van der Waals surface area contributed by atoms with Gasteiger partial charge in [-0.05, 0) is 36.2 Å². The first kappa shape index (κ1) is 24.0. The van der Waals surface area contributed by atoms with Crippen LogP contribution >= 0.6 is 11.8 Å². The van der Waals surface area contributed by atoms with Crippen LogP contribution in [0.4, 0.5) is 0 Å². The van der Waals surface area contributed by atoms with Gasteiger partial charge in [-0.2, -0.15) is 0 Å². The number of benzene rings is 3. The molecule has 0 spiro atoms. The fourth-order valence-electron chi connectivity index (χ4n) is 4.15. The van der Waals surface area contributed by atoms with Crippen molar-refractivity contribution in [3.63, 3.8) is 0 Å². The highest BCUT2D eigenvalue weighted by Crippen LogP contribution is 2.34. The van der Waals surface area contributed by atoms with Gasteiger partial charge >= 0.3 is 0 Å². The molecular formula is C29H28N4O2S. The SMILES string of the molecule is COCCCn1c(SCc2ccc(OC)cc2)nnc1-c1cc(-c2ccccc2)nc2ccccc12. The van der Waals surface area contributed by atoms with E-state index in [2.05, 4.69) is 52.1 Å². The number of nitrogens with zero attached hydrogens (tertiary/aromatic N) is 4. The van der Waals surface area contributed by atoms with Crippen molar-refractivity contribution in [3.8, 4) is 28.4 Å². The van der Waals surface area contributed by atoms with E-state index in [1.54, 1.807) is 26.0 Å². The molecular weight excluding hydrogens is 468 g/mol. The Morgan fingerprint density at radius 3 is 2.42 bits per heavy atom. The number of rotatable bonds is 10. The summed E-state index contributed by atoms with van der Waals surface area (Å²) in [5.74, 6) is 2.49. The number of para-hydroxylation sites is 1. The van der Waals surface area contributed by atoms with E-state index >= 15 is 0 Å². The van der Waals surface area contributed by atoms with Crippen LogP contribution in [0.2, 0.25) is 0 Å². The fourth-order valence-corrected chi connectivity index (χ4v) is 5.07. The molecule has 5 aromatic rings. The number of pyridine rings is 1. The van der Waals surface area contributed by atoms with E-state index in [-0.39, 0.29) is 0 Å². The van der Waals surface area contributed by atoms with Crippen molar-refractivity contribution in [2.24, 2.45) is 0 Å². The predicted molar refractivity (Wildman–Crippen MR) is 145 cm³/mol. The molecule has 0 N–H and O–H groups in total. The first-order valence-corrected chi connectivity index (χ1v) is 12.9. The molecule has 0 fully saturated rings. The van der Waals surface area contributed by atoms with Crippen LogP contribution in [0.1, 0.15) is 12.0 Å². The smallest absolute Gasteiger partial charge is 0.191 e. The van der Waals surface area contributed by atoms with E-state index in [1.165, 1.54) is 5.56 Å². The summed E-state index contributed by atoms with van der Waals surface area (Å²) in [6.07, 6.45) is 0.867. The van der Waals surface area contributed by atoms with Crippen molar-refractivity contribution in [2.75, 3.05) is 20.8 Å². The second-order valence-electron chi connectivity index (χ2n) is 8.38. The fraction of sp³-hybridized carbons (Fsp3) is 0.207. The maximum Gasteiger partial charge on any atom is 0.191 e. The Morgan fingerprint density at radius 1 is 0.861 bits per heavy atom. The van der Waals surface area contributed by atoms with Crippen LogP contribution in [-0.2, 0) is 17.0 Å². The minimum absolute atomic E-state index is 0.673. The molecule has 0 unspecified atom stereocenters. The number of hydrogen-bond donors (Lipinski definition) is 0. The van der Waals surface area contributed by atoms with Gasteiger partial charge in [-0.1, -0.05) is 72.4 Å². The molecule has 36 heavy (non-hydrogen) atoms. The van der Waals surface area contributed by atoms with Gasteiger partial charge in [0, 0.05) is 42.5 Å². The van der Waals surface area contributed by atoms with Crippen LogP contribution in [-0.4, -0.2) is 40.6 Å². The van der Waals surface area contributed by atoms with Crippen molar-refractivity contribution in [1.82, 2.24) is 19.7 Å². The van der Waals surface area contributed by atoms with Gasteiger partial charge in [0.1, 0.15) is 5.75 Å². The second-order valence-corrected chi connectivity index (χ2v) is 9.32. The highest BCUT2D eigenvalue weighted by Gasteiger charge is 2.18. The van der Waals surface area contributed by atoms with Crippen LogP contribution < -0.4 is 4.74 Å². The van der Waals surface area contributed by atoms with Crippen molar-refractivity contribution in [2.45, 2.75) is 23.9 Å². The van der Waals surface area contributed by atoms with E-state index < -0.39 is 0 Å². The molecule has 0 saturated carbocycles. The maximum atomic E-state index is 5.34. The summed E-state index contributed by atoms with van der Waals surface area (Å²) in [7, 11) is 3.41. The third-order valence-corrected chi connectivity index (χ3v) is 7.04. The Morgan fingerprint density at radius 2 is 1.64 bits per heavy atom. The van der Waals surface area contributed by atoms with Crippen LogP contribution in [0.3, 0.4) is 0 Å². The number of hydrogen-bond acceptors (Lipinski definition) is 6. The highest BCUT2D eigenvalue weighted by molar-refractivity contribution is 7.98. The van der Waals surface area contributed by atoms with Gasteiger partial charge in [-0.3, -0.25) is 0 Å². The van der Waals surface area contributed by atoms with Crippen molar-refractivity contribution >= 4 is 22.7 Å². The maximum absolute atomic E-state index is 5.34. The second kappa shape index (κ2) is 11.4. The predicted octanol–water partition coefficient (Wildman–Crippen LogP) is 6.50. The zero-order chi connectivity index (χ0) is 24.7. The summed E-state index contributed by atoms with van der Waals surface area (Å²) in [5.41, 5.74) is 5.16. The quantitative estimate of drug-likeness (QED) is 0.162. The zero-order valence-electron chi connectivity index (χ0n) is 20.4. The molecule has 0 radical (unpaired) electrons. The summed E-state index contributed by atoms with van der Waals surface area (Å²) in [6.45, 7) is 1.44. The molecule has 0 amide bonds. The van der Waals surface area contributed by atoms with E-state index in [0.29, 0.717) is 6.61 Å². The van der Waals surface area contributed by atoms with Crippen molar-refractivity contribution in [3.05, 3.63) is 90.5 Å². The average molecular weight is 497 g/mol. The van der Waals surface area contributed by atoms with E-state index in [1.807, 2.05) is 42.5 Å². The summed E-state index contributed by atoms with van der Waals surface area (Å²) >= 11 is 1.69. The normalized spacial score (nSPS) is 11.2. The van der Waals surface area contributed by atoms with Crippen LogP contribution in [0, 0.1) is 0 Å². The molecule has 0 aliphatic carbocycles. The third-order valence-electron chi connectivity index (χ3n) is 6.00. The van der Waals surface area contributed by atoms with Gasteiger partial charge in [-0.25, -0.2) is 4.98 Å². The molecule has 3 aromatic carbocycles. The third kappa shape index (κ3) is 5.27. The molecule has 182 valence electrons. The first-order valence-electron chi connectivity index (χ1n) is 11.9. The number of thioether (sulfide) groups is 1. The summed E-state index contributed by atoms with van der Waals surface area (Å²) in [6, 6.07) is 28.7. The molecule has 0 aliphatic rings. The Balaban J connectivity index is 1.55. The molecule has 0 aliphatic heterocycles. The van der Waals surface area contributed by atoms with Crippen molar-refractivity contribution < 1.29 is 9.47 Å². The lowest BCUT2D eigenvalue weighted by atomic mass is 10.0. The lowest BCUT2D eigenvalue weighted by molar-refractivity contribution is 0.189. The van der Waals surface area contributed by atoms with Gasteiger partial charge < -0.3 is 14.0 Å². The molecule has 2 heterocycles. The number of fused-ring (bicyclic) bond motifs is 1. The molecule has 6 nitrogen and oxygen atoms in total. The van der Waals surface area contributed by atoms with Gasteiger partial charge in [0.2, 0.25) is 0 Å². The first-order chi connectivity index (χ1) is 17.8. The van der Waals surface area contributed by atoms with Gasteiger partial charge in [0.05, 0.1) is 18.3 Å². The van der Waals surface area contributed by atoms with Gasteiger partial charge in [0.25, 0.3) is 0 Å². The molecule has 7 heteroatoms. The summed E-state index contributed by atoms with van der Waals surface area (Å²) in [4.78, 5) is 4.94. The van der Waals surface area contributed by atoms with Crippen LogP contribution in [0.15, 0.2) is 90.1 Å². The number of ether oxygens (including phenoxy) is 2. The standard InChI is InChI=1S/C29H28N4O2S/c1-34-18-8-17-33-28(31-32-29(33)36-20-21-13-15-23(35-2)16-14-21)25-19-27(22-9-4-3-5-10-22)30-26-12-7-6-11-24(25)26/h3-7,9-16,19H,8,17-18,20H2,1-2H3. The molecule has 2 aromatic heterocycles. The molecule has 5 rings (SSSR count). The minimum Gasteiger partial charge on any atom is -0.497 e. The molecule has 0 atom stereocenters. The van der Waals surface area contributed by atoms with E-state index in [0.717, 1.165) is 63.2 Å². The van der Waals surface area contributed by atoms with Crippen molar-refractivity contribution in [1.29, 1.82) is 0 Å². The zero-order valence-corrected chi connectivity index (χ0v) is 21.2. The highest BCUT2D eigenvalue weighted by atomic mass is 32.2. The number of methoxy groups -OCH3 is 2. The largest absolute Gasteiger partial charge is 0.497 e. The summed E-state index contributed by atoms with van der Waals surface area (Å²) < 4.78 is 12.8. The Labute approximate surface area is 215 Å². The Bertz CT molecular complexity index is 1440. The minimum atomic E-state index is 0.673. The van der Waals surface area contributed by atoms with Gasteiger partial charge in [-0.15, -0.1) is 10.2 Å². The van der Waals surface area contributed by atoms with E-state index in [9.17, 15) is 0 Å². The summed E-state index contributed by atoms with van der Waals surface area (Å²) in [5, 5.41) is 11.3.